The van der Waals surface area contributed by atoms with Crippen molar-refractivity contribution in [3.8, 4) is 11.8 Å². The van der Waals surface area contributed by atoms with Crippen molar-refractivity contribution < 1.29 is 4.79 Å². The summed E-state index contributed by atoms with van der Waals surface area (Å²) < 4.78 is 0. The zero-order valence-electron chi connectivity index (χ0n) is 10.6. The lowest BCUT2D eigenvalue weighted by Gasteiger charge is -2.08. The molecule has 0 N–H and O–H groups in total. The first kappa shape index (κ1) is 13.5. The number of nitrogens with zero attached hydrogens (tertiary/aromatic N) is 2. The molecule has 0 saturated heterocycles. The fraction of sp³-hybridized carbons (Fsp3) is 0.267. The minimum atomic E-state index is -0.227. The van der Waals surface area contributed by atoms with E-state index < -0.39 is 0 Å². The summed E-state index contributed by atoms with van der Waals surface area (Å²) in [5.41, 5.74) is 1.69. The number of allylic oxidation sites excluding steroid dienone is 1. The van der Waals surface area contributed by atoms with Crippen LogP contribution in [0.3, 0.4) is 0 Å². The molecule has 0 bridgehead atoms. The Bertz CT molecular complexity index is 591. The molecule has 0 saturated carbocycles. The van der Waals surface area contributed by atoms with Crippen LogP contribution in [-0.4, -0.2) is 5.91 Å². The Kier molecular flexibility index (Phi) is 4.48. The molecule has 1 aromatic carbocycles. The number of amides is 1. The van der Waals surface area contributed by atoms with E-state index in [0.29, 0.717) is 10.7 Å². The minimum Gasteiger partial charge on any atom is -0.271 e. The van der Waals surface area contributed by atoms with E-state index in [-0.39, 0.29) is 18.2 Å². The molecule has 0 radical (unpaired) electrons. The van der Waals surface area contributed by atoms with E-state index in [1.54, 1.807) is 6.08 Å². The molecule has 1 aliphatic rings. The maximum Gasteiger partial charge on any atom is 0.268 e. The van der Waals surface area contributed by atoms with E-state index in [1.807, 2.05) is 24.3 Å². The van der Waals surface area contributed by atoms with Crippen LogP contribution in [0.4, 0.5) is 0 Å². The first-order valence-corrected chi connectivity index (χ1v) is 6.48. The van der Waals surface area contributed by atoms with Crippen LogP contribution in [0, 0.1) is 11.8 Å². The van der Waals surface area contributed by atoms with Crippen molar-refractivity contribution in [2.45, 2.75) is 25.7 Å². The molecule has 1 aliphatic heterocycles. The van der Waals surface area contributed by atoms with Crippen molar-refractivity contribution in [3.05, 3.63) is 46.6 Å². The normalized spacial score (nSPS) is 15.5. The van der Waals surface area contributed by atoms with E-state index in [1.165, 1.54) is 0 Å². The molecule has 4 heteroatoms. The first-order chi connectivity index (χ1) is 9.19. The highest BCUT2D eigenvalue weighted by Crippen LogP contribution is 2.21. The fourth-order valence-electron chi connectivity index (χ4n) is 1.73. The van der Waals surface area contributed by atoms with Gasteiger partial charge in [0.05, 0.1) is 6.42 Å². The molecule has 2 rings (SSSR count). The first-order valence-electron chi connectivity index (χ1n) is 6.10. The van der Waals surface area contributed by atoms with Gasteiger partial charge in [0.25, 0.3) is 5.91 Å². The highest BCUT2D eigenvalue weighted by molar-refractivity contribution is 6.30. The van der Waals surface area contributed by atoms with Gasteiger partial charge in [-0.2, -0.15) is 0 Å². The SMILES string of the molecule is CCC(C#CC1=CCC(=O)N=N1)c1ccc(Cl)cc1. The highest BCUT2D eigenvalue weighted by Gasteiger charge is 2.07. The topological polar surface area (TPSA) is 41.8 Å². The third-order valence-electron chi connectivity index (χ3n) is 2.79. The number of carbonyl (C=O) groups is 1. The number of hydrogen-bond acceptors (Lipinski definition) is 2. The highest BCUT2D eigenvalue weighted by atomic mass is 35.5. The zero-order chi connectivity index (χ0) is 13.7. The Morgan fingerprint density at radius 2 is 2.05 bits per heavy atom. The second kappa shape index (κ2) is 6.31. The van der Waals surface area contributed by atoms with E-state index in [9.17, 15) is 4.79 Å². The van der Waals surface area contributed by atoms with E-state index >= 15 is 0 Å². The maximum absolute atomic E-state index is 10.9. The summed E-state index contributed by atoms with van der Waals surface area (Å²) in [6.07, 6.45) is 2.89. The van der Waals surface area contributed by atoms with Crippen molar-refractivity contribution in [3.63, 3.8) is 0 Å². The standard InChI is InChI=1S/C15H13ClN2O/c1-2-11(12-3-6-13(16)7-4-12)5-8-14-9-10-15(19)18-17-14/h3-4,6-7,9,11H,2,10H2,1H3. The number of halogens is 1. The minimum absolute atomic E-state index is 0.131. The van der Waals surface area contributed by atoms with Gasteiger partial charge >= 0.3 is 0 Å². The molecule has 1 heterocycles. The molecule has 1 unspecified atom stereocenters. The third kappa shape index (κ3) is 3.77. The van der Waals surface area contributed by atoms with Gasteiger partial charge in [-0.1, -0.05) is 36.6 Å². The Labute approximate surface area is 117 Å². The monoisotopic (exact) mass is 272 g/mol. The van der Waals surface area contributed by atoms with Gasteiger partial charge in [-0.05, 0) is 36.1 Å². The number of benzene rings is 1. The Morgan fingerprint density at radius 3 is 2.63 bits per heavy atom. The van der Waals surface area contributed by atoms with Crippen LogP contribution in [0.5, 0.6) is 0 Å². The number of azo groups is 1. The molecule has 1 aromatic rings. The van der Waals surface area contributed by atoms with Crippen molar-refractivity contribution in [2.75, 3.05) is 0 Å². The average molecular weight is 273 g/mol. The van der Waals surface area contributed by atoms with E-state index in [4.69, 9.17) is 11.6 Å². The molecule has 1 atom stereocenters. The number of carbonyl (C=O) groups excluding carboxylic acids is 1. The molecule has 0 fully saturated rings. The zero-order valence-corrected chi connectivity index (χ0v) is 11.3. The molecule has 96 valence electrons. The quantitative estimate of drug-likeness (QED) is 0.747. The second-order valence-electron chi connectivity index (χ2n) is 4.17. The van der Waals surface area contributed by atoms with Crippen LogP contribution in [0.25, 0.3) is 0 Å². The molecule has 0 aliphatic carbocycles. The molecule has 19 heavy (non-hydrogen) atoms. The summed E-state index contributed by atoms with van der Waals surface area (Å²) in [5, 5.41) is 7.98. The van der Waals surface area contributed by atoms with Gasteiger partial charge in [0, 0.05) is 10.9 Å². The van der Waals surface area contributed by atoms with Crippen LogP contribution in [0.15, 0.2) is 46.3 Å². The van der Waals surface area contributed by atoms with Gasteiger partial charge in [-0.15, -0.1) is 10.2 Å². The van der Waals surface area contributed by atoms with Crippen molar-refractivity contribution in [1.82, 2.24) is 0 Å². The number of hydrogen-bond donors (Lipinski definition) is 0. The summed E-state index contributed by atoms with van der Waals surface area (Å²) in [5.74, 6) is 6.04. The summed E-state index contributed by atoms with van der Waals surface area (Å²) >= 11 is 5.87. The molecule has 0 spiro atoms. The van der Waals surface area contributed by atoms with Crippen molar-refractivity contribution >= 4 is 17.5 Å². The van der Waals surface area contributed by atoms with Crippen LogP contribution >= 0.6 is 11.6 Å². The van der Waals surface area contributed by atoms with Gasteiger partial charge in [-0.25, -0.2) is 0 Å². The summed E-state index contributed by atoms with van der Waals surface area (Å²) in [7, 11) is 0. The van der Waals surface area contributed by atoms with Gasteiger partial charge < -0.3 is 0 Å². The molecular formula is C15H13ClN2O. The van der Waals surface area contributed by atoms with Crippen LogP contribution in [-0.2, 0) is 4.79 Å². The lowest BCUT2D eigenvalue weighted by molar-refractivity contribution is -0.117. The predicted molar refractivity (Wildman–Crippen MR) is 74.8 cm³/mol. The Balaban J connectivity index is 2.14. The average Bonchev–Trinajstić information content (AvgIpc) is 2.43. The van der Waals surface area contributed by atoms with Gasteiger partial charge in [-0.3, -0.25) is 4.79 Å². The third-order valence-corrected chi connectivity index (χ3v) is 3.05. The van der Waals surface area contributed by atoms with Gasteiger partial charge in [0.1, 0.15) is 5.70 Å². The summed E-state index contributed by atoms with van der Waals surface area (Å²) in [4.78, 5) is 10.9. The number of rotatable bonds is 2. The molecule has 0 aromatic heterocycles. The van der Waals surface area contributed by atoms with Crippen LogP contribution < -0.4 is 0 Å². The predicted octanol–water partition coefficient (Wildman–Crippen LogP) is 4.10. The lowest BCUT2D eigenvalue weighted by atomic mass is 9.97. The summed E-state index contributed by atoms with van der Waals surface area (Å²) in [6.45, 7) is 2.08. The molecular weight excluding hydrogens is 260 g/mol. The Hall–Kier alpha value is -1.92. The van der Waals surface area contributed by atoms with Crippen molar-refractivity contribution in [2.24, 2.45) is 10.2 Å². The van der Waals surface area contributed by atoms with E-state index in [0.717, 1.165) is 12.0 Å². The maximum atomic E-state index is 10.9. The van der Waals surface area contributed by atoms with Crippen LogP contribution in [0.1, 0.15) is 31.2 Å². The Morgan fingerprint density at radius 1 is 1.32 bits per heavy atom. The van der Waals surface area contributed by atoms with Crippen molar-refractivity contribution in [1.29, 1.82) is 0 Å². The molecule has 1 amide bonds. The lowest BCUT2D eigenvalue weighted by Crippen LogP contribution is -1.96. The second-order valence-corrected chi connectivity index (χ2v) is 4.61. The van der Waals surface area contributed by atoms with Crippen LogP contribution in [0.2, 0.25) is 5.02 Å². The smallest absolute Gasteiger partial charge is 0.268 e. The van der Waals surface area contributed by atoms with Gasteiger partial charge in [0.2, 0.25) is 0 Å². The fourth-order valence-corrected chi connectivity index (χ4v) is 1.85. The largest absolute Gasteiger partial charge is 0.271 e. The van der Waals surface area contributed by atoms with E-state index in [2.05, 4.69) is 29.0 Å². The molecule has 3 nitrogen and oxygen atoms in total. The summed E-state index contributed by atoms with van der Waals surface area (Å²) in [6, 6.07) is 7.68. The van der Waals surface area contributed by atoms with Gasteiger partial charge in [0.15, 0.2) is 0 Å².